The summed E-state index contributed by atoms with van der Waals surface area (Å²) < 4.78 is 6.00. The topological polar surface area (TPSA) is 63.6 Å². The van der Waals surface area contributed by atoms with E-state index in [4.69, 9.17) is 4.74 Å². The summed E-state index contributed by atoms with van der Waals surface area (Å²) in [4.78, 5) is 25.9. The lowest BCUT2D eigenvalue weighted by Crippen LogP contribution is -2.53. The number of ether oxygens (including phenoxy) is 1. The van der Waals surface area contributed by atoms with Crippen LogP contribution in [0.25, 0.3) is 0 Å². The van der Waals surface area contributed by atoms with Crippen LogP contribution in [-0.2, 0) is 26.2 Å². The number of hydrogen-bond acceptors (Lipinski definition) is 4. The third-order valence-electron chi connectivity index (χ3n) is 6.90. The van der Waals surface area contributed by atoms with Crippen LogP contribution in [0.15, 0.2) is 60.2 Å². The van der Waals surface area contributed by atoms with Crippen molar-refractivity contribution in [3.05, 3.63) is 71.3 Å². The van der Waals surface area contributed by atoms with Gasteiger partial charge in [0, 0.05) is 13.0 Å². The highest BCUT2D eigenvalue weighted by Gasteiger charge is 2.44. The number of aldehydes is 1. The Morgan fingerprint density at radius 2 is 1.66 bits per heavy atom. The molecule has 0 heterocycles. The van der Waals surface area contributed by atoms with Crippen LogP contribution in [0, 0.1) is 5.92 Å². The van der Waals surface area contributed by atoms with Gasteiger partial charge in [-0.1, -0.05) is 94.8 Å². The van der Waals surface area contributed by atoms with Gasteiger partial charge in [-0.15, -0.1) is 0 Å². The number of carbonyl (C=O) groups is 2. The minimum Gasteiger partial charge on any atom is -0.385 e. The van der Waals surface area contributed by atoms with E-state index in [1.54, 1.807) is 6.08 Å². The average molecular weight is 525 g/mol. The minimum absolute atomic E-state index is 0.0560. The molecule has 0 bridgehead atoms. The molecular weight excluding hydrogens is 472 g/mol. The molecule has 3 atom stereocenters. The molecule has 1 N–H and O–H groups in total. The fourth-order valence-corrected chi connectivity index (χ4v) is 4.20. The lowest BCUT2D eigenvalue weighted by atomic mass is 9.85. The molecule has 1 aromatic carbocycles. The third-order valence-corrected chi connectivity index (χ3v) is 6.90. The number of allylic oxidation sites excluding steroid dienone is 5. The van der Waals surface area contributed by atoms with Crippen LogP contribution >= 0.6 is 0 Å². The molecule has 0 radical (unpaired) electrons. The van der Waals surface area contributed by atoms with Crippen LogP contribution in [0.1, 0.15) is 105 Å². The second-order valence-corrected chi connectivity index (χ2v) is 11.7. The van der Waals surface area contributed by atoms with E-state index in [9.17, 15) is 14.7 Å². The first-order valence-electron chi connectivity index (χ1n) is 14.3. The van der Waals surface area contributed by atoms with Gasteiger partial charge in [-0.3, -0.25) is 9.59 Å². The number of hydrogen-bond donors (Lipinski definition) is 1. The van der Waals surface area contributed by atoms with Crippen LogP contribution in [-0.4, -0.2) is 35.5 Å². The fourth-order valence-electron chi connectivity index (χ4n) is 4.20. The first-order valence-corrected chi connectivity index (χ1v) is 14.3. The Morgan fingerprint density at radius 1 is 1.00 bits per heavy atom. The van der Waals surface area contributed by atoms with Crippen molar-refractivity contribution in [2.24, 2.45) is 5.92 Å². The van der Waals surface area contributed by atoms with E-state index >= 15 is 0 Å². The number of ketones is 1. The number of aliphatic hydroxyl groups excluding tert-OH is 1. The molecule has 212 valence electrons. The third kappa shape index (κ3) is 12.0. The van der Waals surface area contributed by atoms with E-state index in [0.717, 1.165) is 37.7 Å². The van der Waals surface area contributed by atoms with Crippen LogP contribution in [0.5, 0.6) is 0 Å². The Labute approximate surface area is 232 Å². The molecule has 0 aliphatic heterocycles. The molecule has 0 fully saturated rings. The van der Waals surface area contributed by atoms with Gasteiger partial charge in [-0.05, 0) is 81.3 Å². The van der Waals surface area contributed by atoms with E-state index in [1.807, 2.05) is 18.2 Å². The standard InChI is InChI=1S/C34H52O4/c1-8-9-10-11-12-13-17-31(36)34(26-35,38-25-24-28(4)16-14-15-27(2)3)32(37)23-20-29-18-21-30(22-19-29)33(5,6)7/h9-10,13,15,17-19,21-22,26,28,31,36H,8,11-12,14,16,20,23-25H2,1-7H3. The highest BCUT2D eigenvalue weighted by atomic mass is 16.5. The maximum Gasteiger partial charge on any atom is 0.210 e. The molecule has 1 aromatic rings. The molecule has 4 heteroatoms. The highest BCUT2D eigenvalue weighted by molar-refractivity contribution is 6.02. The van der Waals surface area contributed by atoms with Gasteiger partial charge in [0.2, 0.25) is 5.60 Å². The van der Waals surface area contributed by atoms with Crippen molar-refractivity contribution in [2.75, 3.05) is 6.61 Å². The molecular formula is C34H52O4. The number of aliphatic hydroxyl groups is 1. The van der Waals surface area contributed by atoms with Crippen LogP contribution in [0.4, 0.5) is 0 Å². The summed E-state index contributed by atoms with van der Waals surface area (Å²) in [6.07, 6.45) is 14.8. The van der Waals surface area contributed by atoms with E-state index in [2.05, 4.69) is 78.8 Å². The molecule has 0 aromatic heterocycles. The maximum atomic E-state index is 13.5. The van der Waals surface area contributed by atoms with Gasteiger partial charge in [0.25, 0.3) is 0 Å². The molecule has 4 nitrogen and oxygen atoms in total. The summed E-state index contributed by atoms with van der Waals surface area (Å²) in [6, 6.07) is 8.24. The fraction of sp³-hybridized carbons (Fsp3) is 0.588. The van der Waals surface area contributed by atoms with Crippen LogP contribution in [0.3, 0.4) is 0 Å². The van der Waals surface area contributed by atoms with Gasteiger partial charge in [0.05, 0.1) is 0 Å². The molecule has 0 aliphatic rings. The maximum absolute atomic E-state index is 13.5. The van der Waals surface area contributed by atoms with Gasteiger partial charge in [-0.2, -0.15) is 0 Å². The summed E-state index contributed by atoms with van der Waals surface area (Å²) >= 11 is 0. The number of aryl methyl sites for hydroxylation is 1. The molecule has 0 saturated carbocycles. The second kappa shape index (κ2) is 17.3. The zero-order valence-corrected chi connectivity index (χ0v) is 25.0. The molecule has 0 aliphatic carbocycles. The summed E-state index contributed by atoms with van der Waals surface area (Å²) in [5, 5.41) is 11.0. The molecule has 0 spiro atoms. The van der Waals surface area contributed by atoms with E-state index in [-0.39, 0.29) is 24.2 Å². The first kappa shape index (κ1) is 33.7. The zero-order valence-electron chi connectivity index (χ0n) is 25.0. The largest absolute Gasteiger partial charge is 0.385 e. The lowest BCUT2D eigenvalue weighted by molar-refractivity contribution is -0.162. The van der Waals surface area contributed by atoms with Gasteiger partial charge in [0.15, 0.2) is 12.1 Å². The quantitative estimate of drug-likeness (QED) is 0.0918. The normalized spacial score (nSPS) is 15.4. The van der Waals surface area contributed by atoms with E-state index in [1.165, 1.54) is 11.1 Å². The Bertz CT molecular complexity index is 913. The SMILES string of the molecule is CCC=CCCC=CC(O)C(C=O)(OCCC(C)CCC=C(C)C)C(=O)CCc1ccc(C(C)(C)C)cc1. The molecule has 1 rings (SSSR count). The number of rotatable bonds is 18. The minimum atomic E-state index is -1.89. The van der Waals surface area contributed by atoms with E-state index < -0.39 is 11.7 Å². The zero-order chi connectivity index (χ0) is 28.6. The lowest BCUT2D eigenvalue weighted by Gasteiger charge is -2.31. The summed E-state index contributed by atoms with van der Waals surface area (Å²) in [6.45, 7) is 15.1. The number of carbonyl (C=O) groups excluding carboxylic acids is 2. The van der Waals surface area contributed by atoms with Crippen molar-refractivity contribution in [3.63, 3.8) is 0 Å². The van der Waals surface area contributed by atoms with Gasteiger partial charge in [0.1, 0.15) is 6.10 Å². The summed E-state index contributed by atoms with van der Waals surface area (Å²) in [5.74, 6) is -0.00274. The van der Waals surface area contributed by atoms with Crippen LogP contribution < -0.4 is 0 Å². The predicted octanol–water partition coefficient (Wildman–Crippen LogP) is 7.88. The molecule has 38 heavy (non-hydrogen) atoms. The van der Waals surface area contributed by atoms with Crippen LogP contribution in [0.2, 0.25) is 0 Å². The van der Waals surface area contributed by atoms with Gasteiger partial charge >= 0.3 is 0 Å². The Balaban J connectivity index is 2.95. The molecule has 3 unspecified atom stereocenters. The van der Waals surface area contributed by atoms with Crippen molar-refractivity contribution in [1.82, 2.24) is 0 Å². The summed E-state index contributed by atoms with van der Waals surface area (Å²) in [7, 11) is 0. The van der Waals surface area contributed by atoms with Gasteiger partial charge < -0.3 is 9.84 Å². The highest BCUT2D eigenvalue weighted by Crippen LogP contribution is 2.25. The number of Topliss-reactive ketones (excluding diaryl/α,β-unsaturated/α-hetero) is 1. The van der Waals surface area contributed by atoms with Crippen molar-refractivity contribution in [2.45, 2.75) is 117 Å². The average Bonchev–Trinajstić information content (AvgIpc) is 2.86. The smallest absolute Gasteiger partial charge is 0.210 e. The molecule has 0 amide bonds. The van der Waals surface area contributed by atoms with Crippen molar-refractivity contribution in [3.8, 4) is 0 Å². The predicted molar refractivity (Wildman–Crippen MR) is 159 cm³/mol. The van der Waals surface area contributed by atoms with Crippen molar-refractivity contribution >= 4 is 12.1 Å². The van der Waals surface area contributed by atoms with E-state index in [0.29, 0.717) is 25.0 Å². The van der Waals surface area contributed by atoms with Crippen molar-refractivity contribution < 1.29 is 19.4 Å². The monoisotopic (exact) mass is 524 g/mol. The Morgan fingerprint density at radius 3 is 2.24 bits per heavy atom. The Kier molecular flexibility index (Phi) is 15.4. The number of unbranched alkanes of at least 4 members (excludes halogenated alkanes) is 1. The number of benzene rings is 1. The molecule has 0 saturated heterocycles. The summed E-state index contributed by atoms with van der Waals surface area (Å²) in [5.41, 5.74) is 1.71. The Hall–Kier alpha value is -2.30. The first-order chi connectivity index (χ1) is 18.0. The second-order valence-electron chi connectivity index (χ2n) is 11.7. The van der Waals surface area contributed by atoms with Gasteiger partial charge in [-0.25, -0.2) is 0 Å². The van der Waals surface area contributed by atoms with Crippen molar-refractivity contribution in [1.29, 1.82) is 0 Å².